The summed E-state index contributed by atoms with van der Waals surface area (Å²) in [5.41, 5.74) is 2.99. The van der Waals surface area contributed by atoms with Crippen LogP contribution < -0.4 is 5.32 Å². The highest BCUT2D eigenvalue weighted by molar-refractivity contribution is 7.07. The van der Waals surface area contributed by atoms with Crippen molar-refractivity contribution in [1.29, 1.82) is 0 Å². The lowest BCUT2D eigenvalue weighted by Gasteiger charge is -2.03. The fourth-order valence-electron chi connectivity index (χ4n) is 1.24. The van der Waals surface area contributed by atoms with Crippen LogP contribution in [0.25, 0.3) is 0 Å². The summed E-state index contributed by atoms with van der Waals surface area (Å²) in [6, 6.07) is 6.23. The molecule has 0 unspecified atom stereocenters. The smallest absolute Gasteiger partial charge is 0.251 e. The van der Waals surface area contributed by atoms with Crippen LogP contribution >= 0.6 is 11.3 Å². The van der Waals surface area contributed by atoms with Crippen molar-refractivity contribution in [2.45, 2.75) is 6.54 Å². The molecule has 0 saturated carbocycles. The molecule has 1 heterocycles. The van der Waals surface area contributed by atoms with E-state index < -0.39 is 0 Å². The summed E-state index contributed by atoms with van der Waals surface area (Å²) in [5.74, 6) is -0.134. The Morgan fingerprint density at radius 1 is 1.50 bits per heavy atom. The van der Waals surface area contributed by atoms with Crippen LogP contribution in [0.1, 0.15) is 16.1 Å². The second kappa shape index (κ2) is 4.76. The van der Waals surface area contributed by atoms with Crippen molar-refractivity contribution in [3.8, 4) is 5.75 Å². The first-order chi connectivity index (χ1) is 7.75. The summed E-state index contributed by atoms with van der Waals surface area (Å²) in [4.78, 5) is 15.7. The molecule has 1 aromatic carbocycles. The largest absolute Gasteiger partial charge is 0.508 e. The van der Waals surface area contributed by atoms with E-state index in [4.69, 9.17) is 0 Å². The summed E-state index contributed by atoms with van der Waals surface area (Å²) in [6.07, 6.45) is 0. The van der Waals surface area contributed by atoms with Gasteiger partial charge in [-0.1, -0.05) is 6.07 Å². The van der Waals surface area contributed by atoms with E-state index in [1.54, 1.807) is 17.6 Å². The van der Waals surface area contributed by atoms with E-state index in [0.717, 1.165) is 5.69 Å². The molecule has 0 atom stereocenters. The zero-order valence-corrected chi connectivity index (χ0v) is 9.20. The zero-order valence-electron chi connectivity index (χ0n) is 8.38. The molecule has 0 saturated heterocycles. The first kappa shape index (κ1) is 10.6. The van der Waals surface area contributed by atoms with Gasteiger partial charge in [0.2, 0.25) is 0 Å². The number of aromatic nitrogens is 1. The third-order valence-corrected chi connectivity index (χ3v) is 2.66. The third kappa shape index (κ3) is 2.58. The topological polar surface area (TPSA) is 62.2 Å². The molecule has 0 aliphatic heterocycles. The normalized spacial score (nSPS) is 10.0. The molecule has 0 aliphatic carbocycles. The number of carbonyl (C=O) groups is 1. The van der Waals surface area contributed by atoms with Crippen molar-refractivity contribution in [1.82, 2.24) is 10.3 Å². The number of phenolic OH excluding ortho intramolecular Hbond substituents is 1. The van der Waals surface area contributed by atoms with E-state index in [1.165, 1.54) is 23.5 Å². The second-order valence-corrected chi connectivity index (χ2v) is 3.93. The lowest BCUT2D eigenvalue weighted by atomic mass is 10.2. The lowest BCUT2D eigenvalue weighted by Crippen LogP contribution is -2.22. The van der Waals surface area contributed by atoms with Gasteiger partial charge in [0.05, 0.1) is 17.7 Å². The van der Waals surface area contributed by atoms with Crippen LogP contribution in [0, 0.1) is 0 Å². The fourth-order valence-corrected chi connectivity index (χ4v) is 1.80. The highest BCUT2D eigenvalue weighted by Crippen LogP contribution is 2.10. The second-order valence-electron chi connectivity index (χ2n) is 3.21. The van der Waals surface area contributed by atoms with Gasteiger partial charge in [-0.05, 0) is 18.2 Å². The number of hydrogen-bond acceptors (Lipinski definition) is 4. The van der Waals surface area contributed by atoms with Crippen LogP contribution in [-0.4, -0.2) is 16.0 Å². The molecule has 1 aromatic heterocycles. The molecular formula is C11H10N2O2S. The van der Waals surface area contributed by atoms with Gasteiger partial charge in [0.1, 0.15) is 5.75 Å². The van der Waals surface area contributed by atoms with Crippen LogP contribution in [0.3, 0.4) is 0 Å². The van der Waals surface area contributed by atoms with Gasteiger partial charge in [-0.2, -0.15) is 0 Å². The number of phenols is 1. The van der Waals surface area contributed by atoms with Crippen LogP contribution in [0.15, 0.2) is 35.2 Å². The number of nitrogens with one attached hydrogen (secondary N) is 1. The molecule has 0 fully saturated rings. The predicted octanol–water partition coefficient (Wildman–Crippen LogP) is 1.78. The van der Waals surface area contributed by atoms with E-state index in [9.17, 15) is 9.90 Å². The van der Waals surface area contributed by atoms with E-state index in [-0.39, 0.29) is 11.7 Å². The Balaban J connectivity index is 1.98. The summed E-state index contributed by atoms with van der Waals surface area (Å²) in [7, 11) is 0. The molecule has 16 heavy (non-hydrogen) atoms. The average molecular weight is 234 g/mol. The molecule has 82 valence electrons. The number of hydrogen-bond donors (Lipinski definition) is 2. The molecule has 0 radical (unpaired) electrons. The van der Waals surface area contributed by atoms with Crippen molar-refractivity contribution >= 4 is 17.2 Å². The Labute approximate surface area is 96.6 Å². The van der Waals surface area contributed by atoms with E-state index in [0.29, 0.717) is 12.1 Å². The van der Waals surface area contributed by atoms with Gasteiger partial charge in [0.15, 0.2) is 0 Å². The zero-order chi connectivity index (χ0) is 11.4. The lowest BCUT2D eigenvalue weighted by molar-refractivity contribution is 0.0950. The number of aromatic hydroxyl groups is 1. The standard InChI is InChI=1S/C11H10N2O2S/c14-10-3-1-2-8(4-10)11(15)12-5-9-6-16-7-13-9/h1-4,6-7,14H,5H2,(H,12,15). The molecule has 5 heteroatoms. The first-order valence-electron chi connectivity index (χ1n) is 4.70. The van der Waals surface area contributed by atoms with Crippen molar-refractivity contribution in [3.05, 3.63) is 46.4 Å². The summed E-state index contributed by atoms with van der Waals surface area (Å²) >= 11 is 1.49. The molecule has 0 bridgehead atoms. The van der Waals surface area contributed by atoms with Crippen LogP contribution in [0.4, 0.5) is 0 Å². The highest BCUT2D eigenvalue weighted by Gasteiger charge is 2.05. The molecule has 2 N–H and O–H groups in total. The van der Waals surface area contributed by atoms with Crippen molar-refractivity contribution in [2.75, 3.05) is 0 Å². The molecule has 2 aromatic rings. The van der Waals surface area contributed by atoms with Crippen LogP contribution in [-0.2, 0) is 6.54 Å². The maximum atomic E-state index is 11.6. The van der Waals surface area contributed by atoms with Gasteiger partial charge >= 0.3 is 0 Å². The Kier molecular flexibility index (Phi) is 3.16. The maximum Gasteiger partial charge on any atom is 0.251 e. The monoisotopic (exact) mass is 234 g/mol. The van der Waals surface area contributed by atoms with Gasteiger partial charge in [0.25, 0.3) is 5.91 Å². The van der Waals surface area contributed by atoms with E-state index >= 15 is 0 Å². The minimum Gasteiger partial charge on any atom is -0.508 e. The van der Waals surface area contributed by atoms with Gasteiger partial charge in [-0.25, -0.2) is 4.98 Å². The Bertz CT molecular complexity index is 482. The molecule has 0 spiro atoms. The Morgan fingerprint density at radius 3 is 3.06 bits per heavy atom. The van der Waals surface area contributed by atoms with E-state index in [2.05, 4.69) is 10.3 Å². The molecule has 4 nitrogen and oxygen atoms in total. The van der Waals surface area contributed by atoms with Crippen molar-refractivity contribution < 1.29 is 9.90 Å². The van der Waals surface area contributed by atoms with Gasteiger partial charge in [-0.3, -0.25) is 4.79 Å². The number of carbonyl (C=O) groups excluding carboxylic acids is 1. The Morgan fingerprint density at radius 2 is 2.38 bits per heavy atom. The SMILES string of the molecule is O=C(NCc1cscn1)c1cccc(O)c1. The molecule has 0 aliphatic rings. The fraction of sp³-hybridized carbons (Fsp3) is 0.0909. The van der Waals surface area contributed by atoms with Crippen LogP contribution in [0.2, 0.25) is 0 Å². The minimum absolute atomic E-state index is 0.0845. The summed E-state index contributed by atoms with van der Waals surface area (Å²) in [6.45, 7) is 0.401. The first-order valence-corrected chi connectivity index (χ1v) is 5.64. The summed E-state index contributed by atoms with van der Waals surface area (Å²) < 4.78 is 0. The van der Waals surface area contributed by atoms with Crippen molar-refractivity contribution in [2.24, 2.45) is 0 Å². The average Bonchev–Trinajstić information content (AvgIpc) is 2.78. The van der Waals surface area contributed by atoms with Gasteiger partial charge in [0, 0.05) is 10.9 Å². The number of nitrogens with zero attached hydrogens (tertiary/aromatic N) is 1. The number of benzene rings is 1. The van der Waals surface area contributed by atoms with Crippen molar-refractivity contribution in [3.63, 3.8) is 0 Å². The van der Waals surface area contributed by atoms with Gasteiger partial charge < -0.3 is 10.4 Å². The maximum absolute atomic E-state index is 11.6. The molecule has 1 amide bonds. The predicted molar refractivity (Wildman–Crippen MR) is 61.4 cm³/mol. The summed E-state index contributed by atoms with van der Waals surface area (Å²) in [5, 5.41) is 13.8. The molecular weight excluding hydrogens is 224 g/mol. The highest BCUT2D eigenvalue weighted by atomic mass is 32.1. The van der Waals surface area contributed by atoms with Crippen LogP contribution in [0.5, 0.6) is 5.75 Å². The molecule has 2 rings (SSSR count). The van der Waals surface area contributed by atoms with E-state index in [1.807, 2.05) is 5.38 Å². The Hall–Kier alpha value is -1.88. The quantitative estimate of drug-likeness (QED) is 0.851. The number of amides is 1. The minimum atomic E-state index is -0.219. The number of thiazole rings is 1. The third-order valence-electron chi connectivity index (χ3n) is 2.02. The van der Waals surface area contributed by atoms with Gasteiger partial charge in [-0.15, -0.1) is 11.3 Å². The number of rotatable bonds is 3.